The first-order valence-electron chi connectivity index (χ1n) is 15.4. The Bertz CT molecular complexity index is 1300. The van der Waals surface area contributed by atoms with E-state index in [1.165, 1.54) is 12.8 Å². The Kier molecular flexibility index (Phi) is 8.22. The Morgan fingerprint density at radius 3 is 2.60 bits per heavy atom. The van der Waals surface area contributed by atoms with E-state index in [4.69, 9.17) is 9.72 Å². The van der Waals surface area contributed by atoms with Gasteiger partial charge in [0.1, 0.15) is 11.4 Å². The van der Waals surface area contributed by atoms with Gasteiger partial charge >= 0.3 is 0 Å². The highest BCUT2D eigenvalue weighted by Gasteiger charge is 2.55. The number of amides is 2. The van der Waals surface area contributed by atoms with Crippen LogP contribution in [-0.2, 0) is 4.79 Å². The highest BCUT2D eigenvalue weighted by molar-refractivity contribution is 6.03. The minimum atomic E-state index is -0.296. The van der Waals surface area contributed by atoms with E-state index in [9.17, 15) is 9.59 Å². The maximum Gasteiger partial charge on any atom is 0.251 e. The Morgan fingerprint density at radius 1 is 1.12 bits per heavy atom. The number of nitrogens with zero attached hydrogens (tertiary/aromatic N) is 6. The first-order chi connectivity index (χ1) is 20.4. The summed E-state index contributed by atoms with van der Waals surface area (Å²) in [6.45, 7) is 6.69. The summed E-state index contributed by atoms with van der Waals surface area (Å²) >= 11 is 0. The van der Waals surface area contributed by atoms with Crippen LogP contribution in [0.5, 0.6) is 5.75 Å². The molecule has 6 rings (SSSR count). The quantitative estimate of drug-likeness (QED) is 0.436. The molecule has 2 aliphatic heterocycles. The van der Waals surface area contributed by atoms with Crippen molar-refractivity contribution in [2.75, 3.05) is 82.1 Å². The Balaban J connectivity index is 1.14. The second-order valence-electron chi connectivity index (χ2n) is 12.4. The normalized spacial score (nSPS) is 20.9. The second-order valence-corrected chi connectivity index (χ2v) is 12.4. The van der Waals surface area contributed by atoms with Crippen LogP contribution in [0.1, 0.15) is 55.3 Å². The summed E-state index contributed by atoms with van der Waals surface area (Å²) in [5, 5.41) is 6.35. The number of aromatic nitrogens is 2. The number of carbonyl (C=O) groups excluding carboxylic acids is 2. The zero-order chi connectivity index (χ0) is 29.3. The standard InChI is InChI=1S/C31H44N8O3/c1-36-15-17-38(18-16-36)14-6-13-32-28(40)22-9-10-24(26(19-22)42-3)34-30-33-20-25-27(35-30)39(23-7-4-5-8-23)21-31(11-12-31)29(41)37(25)2/h9-10,19-20,23H,4-8,11-18,21H2,1-3H3,(H,32,40)(H,33,34,35). The number of piperazine rings is 1. The lowest BCUT2D eigenvalue weighted by Crippen LogP contribution is -2.45. The van der Waals surface area contributed by atoms with Crippen LogP contribution in [-0.4, -0.2) is 105 Å². The number of anilines is 4. The van der Waals surface area contributed by atoms with Gasteiger partial charge in [-0.05, 0) is 63.9 Å². The Morgan fingerprint density at radius 2 is 1.88 bits per heavy atom. The molecule has 0 bridgehead atoms. The van der Waals surface area contributed by atoms with E-state index in [-0.39, 0.29) is 17.2 Å². The maximum atomic E-state index is 13.3. The van der Waals surface area contributed by atoms with E-state index < -0.39 is 0 Å². The first kappa shape index (κ1) is 28.7. The van der Waals surface area contributed by atoms with Gasteiger partial charge in [0.05, 0.1) is 24.4 Å². The van der Waals surface area contributed by atoms with Crippen molar-refractivity contribution < 1.29 is 14.3 Å². The van der Waals surface area contributed by atoms with Crippen LogP contribution in [0.4, 0.5) is 23.1 Å². The molecule has 4 aliphatic rings. The molecule has 0 atom stereocenters. The lowest BCUT2D eigenvalue weighted by molar-refractivity contribution is -0.122. The highest BCUT2D eigenvalue weighted by atomic mass is 16.5. The molecule has 1 spiro atoms. The molecule has 2 amide bonds. The van der Waals surface area contributed by atoms with E-state index in [0.29, 0.717) is 42.1 Å². The average Bonchev–Trinajstić information content (AvgIpc) is 3.61. The number of hydrogen-bond donors (Lipinski definition) is 2. The largest absolute Gasteiger partial charge is 0.495 e. The minimum Gasteiger partial charge on any atom is -0.495 e. The van der Waals surface area contributed by atoms with Gasteiger partial charge in [-0.2, -0.15) is 4.98 Å². The smallest absolute Gasteiger partial charge is 0.251 e. The van der Waals surface area contributed by atoms with Gasteiger partial charge in [-0.15, -0.1) is 0 Å². The van der Waals surface area contributed by atoms with Gasteiger partial charge in [0, 0.05) is 57.9 Å². The molecule has 42 heavy (non-hydrogen) atoms. The summed E-state index contributed by atoms with van der Waals surface area (Å²) in [7, 11) is 5.59. The fourth-order valence-corrected chi connectivity index (χ4v) is 6.58. The number of ether oxygens (including phenoxy) is 1. The number of benzene rings is 1. The van der Waals surface area contributed by atoms with Crippen molar-refractivity contribution in [2.45, 2.75) is 51.0 Å². The summed E-state index contributed by atoms with van der Waals surface area (Å²) in [6, 6.07) is 5.75. The molecule has 1 aromatic carbocycles. The van der Waals surface area contributed by atoms with E-state index in [2.05, 4.69) is 37.4 Å². The van der Waals surface area contributed by atoms with Crippen molar-refractivity contribution >= 4 is 35.0 Å². The summed E-state index contributed by atoms with van der Waals surface area (Å²) in [5.41, 5.74) is 1.68. The second kappa shape index (κ2) is 12.0. The van der Waals surface area contributed by atoms with E-state index in [0.717, 1.165) is 76.3 Å². The molecule has 1 saturated heterocycles. The number of fused-ring (bicyclic) bond motifs is 1. The van der Waals surface area contributed by atoms with Crippen LogP contribution in [0.25, 0.3) is 0 Å². The summed E-state index contributed by atoms with van der Waals surface area (Å²) in [6.07, 6.45) is 9.18. The van der Waals surface area contributed by atoms with E-state index in [1.54, 1.807) is 30.3 Å². The van der Waals surface area contributed by atoms with Gasteiger partial charge in [-0.25, -0.2) is 4.98 Å². The predicted octanol–water partition coefficient (Wildman–Crippen LogP) is 3.10. The summed E-state index contributed by atoms with van der Waals surface area (Å²) in [5.74, 6) is 1.83. The first-order valence-corrected chi connectivity index (χ1v) is 15.4. The van der Waals surface area contributed by atoms with Gasteiger partial charge in [0.25, 0.3) is 5.91 Å². The van der Waals surface area contributed by atoms with Crippen molar-refractivity contribution in [2.24, 2.45) is 5.41 Å². The molecule has 2 saturated carbocycles. The lowest BCUT2D eigenvalue weighted by atomic mass is 10.0. The van der Waals surface area contributed by atoms with E-state index in [1.807, 2.05) is 13.1 Å². The third-order valence-corrected chi connectivity index (χ3v) is 9.48. The molecular weight excluding hydrogens is 532 g/mol. The number of methoxy groups -OCH3 is 1. The SMILES string of the molecule is COc1cc(C(=O)NCCCN2CCN(C)CC2)ccc1Nc1ncc2c(n1)N(C1CCCC1)CC1(CC1)C(=O)N2C. The fourth-order valence-electron chi connectivity index (χ4n) is 6.58. The van der Waals surface area contributed by atoms with Gasteiger partial charge in [0.2, 0.25) is 11.9 Å². The molecule has 3 heterocycles. The number of likely N-dealkylation sites (N-methyl/N-ethyl adjacent to an activating group) is 1. The topological polar surface area (TPSA) is 106 Å². The fraction of sp³-hybridized carbons (Fsp3) is 0.613. The van der Waals surface area contributed by atoms with Gasteiger partial charge in [-0.3, -0.25) is 9.59 Å². The lowest BCUT2D eigenvalue weighted by Gasteiger charge is -2.32. The van der Waals surface area contributed by atoms with Crippen molar-refractivity contribution in [3.05, 3.63) is 30.0 Å². The zero-order valence-electron chi connectivity index (χ0n) is 25.2. The van der Waals surface area contributed by atoms with Crippen LogP contribution in [0.3, 0.4) is 0 Å². The molecule has 226 valence electrons. The van der Waals surface area contributed by atoms with Crippen molar-refractivity contribution in [1.82, 2.24) is 25.1 Å². The Labute approximate surface area is 248 Å². The molecule has 2 aromatic rings. The Hall–Kier alpha value is -3.44. The van der Waals surface area contributed by atoms with Crippen molar-refractivity contribution in [3.8, 4) is 5.75 Å². The zero-order valence-corrected chi connectivity index (χ0v) is 25.2. The summed E-state index contributed by atoms with van der Waals surface area (Å²) < 4.78 is 5.65. The van der Waals surface area contributed by atoms with Gasteiger partial charge < -0.3 is 35.0 Å². The molecule has 3 fully saturated rings. The van der Waals surface area contributed by atoms with Crippen molar-refractivity contribution in [1.29, 1.82) is 0 Å². The van der Waals surface area contributed by atoms with Crippen LogP contribution in [0, 0.1) is 5.41 Å². The number of nitrogens with one attached hydrogen (secondary N) is 2. The predicted molar refractivity (Wildman–Crippen MR) is 164 cm³/mol. The average molecular weight is 577 g/mol. The minimum absolute atomic E-state index is 0.117. The number of carbonyl (C=O) groups is 2. The molecule has 11 nitrogen and oxygen atoms in total. The monoisotopic (exact) mass is 576 g/mol. The van der Waals surface area contributed by atoms with Crippen LogP contribution < -0.4 is 25.2 Å². The number of rotatable bonds is 9. The van der Waals surface area contributed by atoms with Crippen molar-refractivity contribution in [3.63, 3.8) is 0 Å². The molecule has 2 aliphatic carbocycles. The van der Waals surface area contributed by atoms with Crippen LogP contribution in [0.2, 0.25) is 0 Å². The molecular formula is C31H44N8O3. The highest BCUT2D eigenvalue weighted by Crippen LogP contribution is 2.52. The third kappa shape index (κ3) is 5.89. The molecule has 1 aromatic heterocycles. The molecule has 0 radical (unpaired) electrons. The number of hydrogen-bond acceptors (Lipinski definition) is 9. The van der Waals surface area contributed by atoms with Gasteiger partial charge in [0.15, 0.2) is 5.82 Å². The maximum absolute atomic E-state index is 13.3. The van der Waals surface area contributed by atoms with Crippen LogP contribution >= 0.6 is 0 Å². The molecule has 11 heteroatoms. The summed E-state index contributed by atoms with van der Waals surface area (Å²) in [4.78, 5) is 44.7. The third-order valence-electron chi connectivity index (χ3n) is 9.48. The van der Waals surface area contributed by atoms with Crippen LogP contribution in [0.15, 0.2) is 24.4 Å². The molecule has 2 N–H and O–H groups in total. The van der Waals surface area contributed by atoms with E-state index >= 15 is 0 Å². The van der Waals surface area contributed by atoms with Gasteiger partial charge in [-0.1, -0.05) is 12.8 Å². The molecule has 0 unspecified atom stereocenters.